The van der Waals surface area contributed by atoms with Crippen LogP contribution >= 0.6 is 0 Å². The van der Waals surface area contributed by atoms with Crippen molar-refractivity contribution in [3.05, 3.63) is 29.3 Å². The predicted molar refractivity (Wildman–Crippen MR) is 79.4 cm³/mol. The number of phenolic OH excluding ortho intramolecular Hbond substituents is 1. The van der Waals surface area contributed by atoms with Gasteiger partial charge in [-0.25, -0.2) is 0 Å². The summed E-state index contributed by atoms with van der Waals surface area (Å²) in [6, 6.07) is 4.99. The molecule has 4 nitrogen and oxygen atoms in total. The summed E-state index contributed by atoms with van der Waals surface area (Å²) in [5.74, 6) is 0.256. The minimum Gasteiger partial charge on any atom is -0.508 e. The second kappa shape index (κ2) is 6.66. The number of benzene rings is 1. The van der Waals surface area contributed by atoms with Gasteiger partial charge in [0.2, 0.25) is 0 Å². The molecule has 1 heterocycles. The maximum atomic E-state index is 11.4. The van der Waals surface area contributed by atoms with Crippen LogP contribution in [0, 0.1) is 5.41 Å². The number of phenols is 1. The molecule has 2 rings (SSSR count). The molecule has 1 aliphatic heterocycles. The maximum Gasteiger partial charge on any atom is 0.141 e. The van der Waals surface area contributed by atoms with Crippen molar-refractivity contribution in [1.82, 2.24) is 4.90 Å². The summed E-state index contributed by atoms with van der Waals surface area (Å²) < 4.78 is 0. The first-order valence-corrected chi connectivity index (χ1v) is 7.23. The quantitative estimate of drug-likeness (QED) is 0.619. The molecule has 1 atom stereocenters. The fourth-order valence-corrected chi connectivity index (χ4v) is 2.81. The van der Waals surface area contributed by atoms with Crippen molar-refractivity contribution in [3.63, 3.8) is 0 Å². The van der Waals surface area contributed by atoms with Crippen LogP contribution in [0.1, 0.15) is 43.4 Å². The van der Waals surface area contributed by atoms with Gasteiger partial charge in [-0.3, -0.25) is 4.90 Å². The summed E-state index contributed by atoms with van der Waals surface area (Å²) >= 11 is 0. The smallest absolute Gasteiger partial charge is 0.141 e. The van der Waals surface area contributed by atoms with E-state index in [9.17, 15) is 9.90 Å². The summed E-state index contributed by atoms with van der Waals surface area (Å²) in [6.45, 7) is 3.63. The highest BCUT2D eigenvalue weighted by molar-refractivity contribution is 5.81. The third-order valence-corrected chi connectivity index (χ3v) is 3.89. The monoisotopic (exact) mass is 274 g/mol. The van der Waals surface area contributed by atoms with E-state index in [4.69, 9.17) is 5.41 Å². The molecule has 108 valence electrons. The van der Waals surface area contributed by atoms with Crippen molar-refractivity contribution in [2.75, 3.05) is 13.1 Å². The Hall–Kier alpha value is -1.68. The number of aromatic hydroxyl groups is 1. The summed E-state index contributed by atoms with van der Waals surface area (Å²) in [5.41, 5.74) is 2.81. The predicted octanol–water partition coefficient (Wildman–Crippen LogP) is 2.70. The van der Waals surface area contributed by atoms with Crippen LogP contribution in [0.15, 0.2) is 18.2 Å². The van der Waals surface area contributed by atoms with Gasteiger partial charge in [0.15, 0.2) is 0 Å². The van der Waals surface area contributed by atoms with Crippen molar-refractivity contribution in [1.29, 1.82) is 5.41 Å². The van der Waals surface area contributed by atoms with Gasteiger partial charge in [0.05, 0.1) is 6.04 Å². The van der Waals surface area contributed by atoms with Crippen molar-refractivity contribution < 1.29 is 9.90 Å². The SMILES string of the molecule is CCCC(=N)CCN1CCc2cc(O)ccc2C1C=O. The molecular weight excluding hydrogens is 252 g/mol. The molecule has 0 radical (unpaired) electrons. The second-order valence-electron chi connectivity index (χ2n) is 5.35. The Kier molecular flexibility index (Phi) is 4.90. The van der Waals surface area contributed by atoms with Gasteiger partial charge in [-0.05, 0) is 42.5 Å². The molecule has 20 heavy (non-hydrogen) atoms. The lowest BCUT2D eigenvalue weighted by Gasteiger charge is -2.34. The average molecular weight is 274 g/mol. The Balaban J connectivity index is 2.07. The van der Waals surface area contributed by atoms with E-state index in [2.05, 4.69) is 11.8 Å². The van der Waals surface area contributed by atoms with Gasteiger partial charge in [-0.15, -0.1) is 0 Å². The Morgan fingerprint density at radius 2 is 2.30 bits per heavy atom. The number of rotatable bonds is 6. The van der Waals surface area contributed by atoms with E-state index in [0.717, 1.165) is 61.9 Å². The van der Waals surface area contributed by atoms with Crippen LogP contribution in [0.3, 0.4) is 0 Å². The van der Waals surface area contributed by atoms with E-state index < -0.39 is 0 Å². The molecule has 1 unspecified atom stereocenters. The fraction of sp³-hybridized carbons (Fsp3) is 0.500. The number of nitrogens with one attached hydrogen (secondary N) is 1. The zero-order valence-corrected chi connectivity index (χ0v) is 11.9. The number of carbonyl (C=O) groups excluding carboxylic acids is 1. The molecular formula is C16H22N2O2. The third kappa shape index (κ3) is 3.25. The van der Waals surface area contributed by atoms with Crippen LogP contribution in [0.2, 0.25) is 0 Å². The summed E-state index contributed by atoms with van der Waals surface area (Å²) in [7, 11) is 0. The second-order valence-corrected chi connectivity index (χ2v) is 5.35. The van der Waals surface area contributed by atoms with Crippen LogP contribution in [0.4, 0.5) is 0 Å². The Labute approximate surface area is 119 Å². The molecule has 1 aromatic carbocycles. The van der Waals surface area contributed by atoms with Crippen molar-refractivity contribution in [2.24, 2.45) is 0 Å². The minimum absolute atomic E-state index is 0.242. The molecule has 0 bridgehead atoms. The molecule has 0 fully saturated rings. The molecule has 0 aromatic heterocycles. The van der Waals surface area contributed by atoms with Gasteiger partial charge >= 0.3 is 0 Å². The molecule has 0 saturated heterocycles. The number of aldehydes is 1. The average Bonchev–Trinajstić information content (AvgIpc) is 2.44. The highest BCUT2D eigenvalue weighted by Gasteiger charge is 2.26. The number of fused-ring (bicyclic) bond motifs is 1. The third-order valence-electron chi connectivity index (χ3n) is 3.89. The standard InChI is InChI=1S/C16H22N2O2/c1-2-3-13(17)7-9-18-8-6-12-10-14(20)4-5-15(12)16(18)11-19/h4-5,10-11,16-17,20H,2-3,6-9H2,1H3. The topological polar surface area (TPSA) is 64.4 Å². The minimum atomic E-state index is -0.242. The first-order chi connectivity index (χ1) is 9.65. The zero-order valence-electron chi connectivity index (χ0n) is 11.9. The van der Waals surface area contributed by atoms with Gasteiger partial charge in [0.25, 0.3) is 0 Å². The van der Waals surface area contributed by atoms with Gasteiger partial charge < -0.3 is 15.3 Å². The summed E-state index contributed by atoms with van der Waals surface area (Å²) in [4.78, 5) is 13.6. The van der Waals surface area contributed by atoms with Gasteiger partial charge in [-0.1, -0.05) is 19.4 Å². The van der Waals surface area contributed by atoms with Crippen LogP contribution in [-0.4, -0.2) is 35.1 Å². The highest BCUT2D eigenvalue weighted by Crippen LogP contribution is 2.30. The first kappa shape index (κ1) is 14.7. The molecule has 0 spiro atoms. The highest BCUT2D eigenvalue weighted by atomic mass is 16.3. The fourth-order valence-electron chi connectivity index (χ4n) is 2.81. The number of carbonyl (C=O) groups is 1. The molecule has 1 aromatic rings. The molecule has 0 saturated carbocycles. The van der Waals surface area contributed by atoms with E-state index in [1.54, 1.807) is 12.1 Å². The van der Waals surface area contributed by atoms with Gasteiger partial charge in [0.1, 0.15) is 12.0 Å². The first-order valence-electron chi connectivity index (χ1n) is 7.23. The lowest BCUT2D eigenvalue weighted by Crippen LogP contribution is -2.37. The van der Waals surface area contributed by atoms with Crippen LogP contribution in [0.5, 0.6) is 5.75 Å². The van der Waals surface area contributed by atoms with E-state index in [0.29, 0.717) is 0 Å². The van der Waals surface area contributed by atoms with Gasteiger partial charge in [0, 0.05) is 18.8 Å². The number of nitrogens with zero attached hydrogens (tertiary/aromatic N) is 1. The largest absolute Gasteiger partial charge is 0.508 e. The van der Waals surface area contributed by atoms with E-state index in [-0.39, 0.29) is 11.8 Å². The van der Waals surface area contributed by atoms with Crippen molar-refractivity contribution >= 4 is 12.0 Å². The normalized spacial score (nSPS) is 18.6. The summed E-state index contributed by atoms with van der Waals surface area (Å²) in [5, 5.41) is 17.4. The molecule has 4 heteroatoms. The van der Waals surface area contributed by atoms with Crippen LogP contribution in [0.25, 0.3) is 0 Å². The zero-order chi connectivity index (χ0) is 14.5. The van der Waals surface area contributed by atoms with E-state index >= 15 is 0 Å². The van der Waals surface area contributed by atoms with Crippen molar-refractivity contribution in [3.8, 4) is 5.75 Å². The van der Waals surface area contributed by atoms with E-state index in [1.807, 2.05) is 6.07 Å². The lowest BCUT2D eigenvalue weighted by molar-refractivity contribution is -0.112. The molecule has 1 aliphatic rings. The Bertz CT molecular complexity index is 499. The molecule has 0 aliphatic carbocycles. The van der Waals surface area contributed by atoms with Crippen LogP contribution < -0.4 is 0 Å². The summed E-state index contributed by atoms with van der Waals surface area (Å²) in [6.07, 6.45) is 4.38. The Morgan fingerprint density at radius 1 is 1.50 bits per heavy atom. The lowest BCUT2D eigenvalue weighted by atomic mass is 9.92. The Morgan fingerprint density at radius 3 is 3.00 bits per heavy atom. The van der Waals surface area contributed by atoms with Crippen LogP contribution in [-0.2, 0) is 11.2 Å². The number of hydrogen-bond donors (Lipinski definition) is 2. The van der Waals surface area contributed by atoms with Gasteiger partial charge in [-0.2, -0.15) is 0 Å². The maximum absolute atomic E-state index is 11.4. The van der Waals surface area contributed by atoms with Crippen molar-refractivity contribution in [2.45, 2.75) is 38.6 Å². The van der Waals surface area contributed by atoms with E-state index in [1.165, 1.54) is 0 Å². The number of hydrogen-bond acceptors (Lipinski definition) is 4. The molecule has 2 N–H and O–H groups in total. The molecule has 0 amide bonds.